The van der Waals surface area contributed by atoms with Gasteiger partial charge in [-0.05, 0) is 25.2 Å². The summed E-state index contributed by atoms with van der Waals surface area (Å²) >= 11 is 0. The van der Waals surface area contributed by atoms with Crippen molar-refractivity contribution in [2.24, 2.45) is 0 Å². The number of alkyl halides is 3. The fraction of sp³-hybridized carbons (Fsp3) is 0.462. The topological polar surface area (TPSA) is 45.0 Å². The summed E-state index contributed by atoms with van der Waals surface area (Å²) in [6, 6.07) is 4.94. The van der Waals surface area contributed by atoms with E-state index in [1.165, 1.54) is 18.2 Å². The van der Waals surface area contributed by atoms with E-state index in [0.717, 1.165) is 6.07 Å². The fourth-order valence-corrected chi connectivity index (χ4v) is 2.18. The van der Waals surface area contributed by atoms with Gasteiger partial charge < -0.3 is 10.1 Å². The van der Waals surface area contributed by atoms with E-state index in [1.807, 2.05) is 0 Å². The lowest BCUT2D eigenvalue weighted by molar-refractivity contribution is -0.256. The van der Waals surface area contributed by atoms with E-state index in [2.05, 4.69) is 5.32 Å². The summed E-state index contributed by atoms with van der Waals surface area (Å²) in [5.41, 5.74) is -2.88. The zero-order valence-electron chi connectivity index (χ0n) is 10.4. The molecular weight excluding hydrogens is 276 g/mol. The van der Waals surface area contributed by atoms with Gasteiger partial charge in [0.2, 0.25) is 5.60 Å². The van der Waals surface area contributed by atoms with Crippen LogP contribution in [0, 0.1) is 17.1 Å². The summed E-state index contributed by atoms with van der Waals surface area (Å²) in [6.07, 6.45) is -5.15. The van der Waals surface area contributed by atoms with Crippen molar-refractivity contribution in [1.82, 2.24) is 5.32 Å². The zero-order valence-corrected chi connectivity index (χ0v) is 10.4. The Hall–Kier alpha value is -1.81. The van der Waals surface area contributed by atoms with E-state index in [0.29, 0.717) is 0 Å². The minimum absolute atomic E-state index is 0.150. The van der Waals surface area contributed by atoms with Crippen LogP contribution in [0.1, 0.15) is 18.4 Å². The monoisotopic (exact) mass is 288 g/mol. The third kappa shape index (κ3) is 2.56. The predicted molar refractivity (Wildman–Crippen MR) is 62.6 cm³/mol. The van der Waals surface area contributed by atoms with Gasteiger partial charge in [0.05, 0.1) is 0 Å². The number of halogens is 4. The van der Waals surface area contributed by atoms with Gasteiger partial charge in [0.1, 0.15) is 23.2 Å². The van der Waals surface area contributed by atoms with Gasteiger partial charge in [0.15, 0.2) is 0 Å². The van der Waals surface area contributed by atoms with Crippen LogP contribution in [0.15, 0.2) is 18.2 Å². The number of nitriles is 1. The lowest BCUT2D eigenvalue weighted by atomic mass is 9.91. The largest absolute Gasteiger partial charge is 0.476 e. The smallest absolute Gasteiger partial charge is 0.428 e. The average Bonchev–Trinajstić information content (AvgIpc) is 2.39. The number of piperidine rings is 1. The number of rotatable bonds is 2. The number of hydrogen-bond donors (Lipinski definition) is 1. The molecule has 1 fully saturated rings. The van der Waals surface area contributed by atoms with Gasteiger partial charge in [-0.3, -0.25) is 0 Å². The molecule has 0 unspecified atom stereocenters. The van der Waals surface area contributed by atoms with Gasteiger partial charge in [0.25, 0.3) is 0 Å². The summed E-state index contributed by atoms with van der Waals surface area (Å²) in [4.78, 5) is 0. The van der Waals surface area contributed by atoms with Crippen molar-refractivity contribution in [3.63, 3.8) is 0 Å². The molecule has 0 amide bonds. The van der Waals surface area contributed by atoms with Crippen LogP contribution in [0.2, 0.25) is 0 Å². The molecule has 7 heteroatoms. The molecule has 1 saturated heterocycles. The fourth-order valence-electron chi connectivity index (χ4n) is 2.18. The molecular formula is C13H12F4N2O. The number of benzene rings is 1. The Kier molecular flexibility index (Phi) is 3.86. The van der Waals surface area contributed by atoms with E-state index >= 15 is 0 Å². The summed E-state index contributed by atoms with van der Waals surface area (Å²) < 4.78 is 58.4. The molecule has 20 heavy (non-hydrogen) atoms. The highest BCUT2D eigenvalue weighted by Crippen LogP contribution is 2.41. The van der Waals surface area contributed by atoms with Gasteiger partial charge in [-0.15, -0.1) is 0 Å². The van der Waals surface area contributed by atoms with Crippen molar-refractivity contribution in [3.8, 4) is 11.8 Å². The lowest BCUT2D eigenvalue weighted by Gasteiger charge is -2.39. The van der Waals surface area contributed by atoms with Crippen LogP contribution < -0.4 is 10.1 Å². The van der Waals surface area contributed by atoms with Crippen LogP contribution >= 0.6 is 0 Å². The van der Waals surface area contributed by atoms with Crippen LogP contribution in [0.3, 0.4) is 0 Å². The highest BCUT2D eigenvalue weighted by molar-refractivity contribution is 5.44. The third-order valence-corrected chi connectivity index (χ3v) is 3.32. The van der Waals surface area contributed by atoms with Crippen molar-refractivity contribution in [2.75, 3.05) is 13.1 Å². The second kappa shape index (κ2) is 5.29. The second-order valence-corrected chi connectivity index (χ2v) is 4.57. The quantitative estimate of drug-likeness (QED) is 0.851. The Morgan fingerprint density at radius 3 is 2.45 bits per heavy atom. The first-order chi connectivity index (χ1) is 9.39. The van der Waals surface area contributed by atoms with Crippen molar-refractivity contribution in [3.05, 3.63) is 29.6 Å². The second-order valence-electron chi connectivity index (χ2n) is 4.57. The number of nitrogens with one attached hydrogen (secondary N) is 1. The molecule has 108 valence electrons. The van der Waals surface area contributed by atoms with Crippen molar-refractivity contribution in [1.29, 1.82) is 5.26 Å². The Morgan fingerprint density at radius 1 is 1.25 bits per heavy atom. The number of hydrogen-bond acceptors (Lipinski definition) is 3. The SMILES string of the molecule is N#Cc1c(F)cccc1OC1(C(F)(F)F)CCNCC1. The van der Waals surface area contributed by atoms with E-state index in [-0.39, 0.29) is 31.7 Å². The standard InChI is InChI=1S/C13H12F4N2O/c14-10-2-1-3-11(9(10)8-18)20-12(13(15,16)17)4-6-19-7-5-12/h1-3,19H,4-7H2. The van der Waals surface area contributed by atoms with Gasteiger partial charge in [-0.25, -0.2) is 4.39 Å². The molecule has 3 nitrogen and oxygen atoms in total. The molecule has 2 rings (SSSR count). The van der Waals surface area contributed by atoms with Crippen LogP contribution in [-0.4, -0.2) is 24.9 Å². The van der Waals surface area contributed by atoms with Crippen molar-refractivity contribution in [2.45, 2.75) is 24.6 Å². The molecule has 0 saturated carbocycles. The maximum Gasteiger partial charge on any atom is 0.428 e. The summed E-state index contributed by atoms with van der Waals surface area (Å²) in [7, 11) is 0. The molecule has 0 bridgehead atoms. The summed E-state index contributed by atoms with van der Waals surface area (Å²) in [5.74, 6) is -1.26. The Labute approximate surface area is 113 Å². The molecule has 1 aromatic carbocycles. The van der Waals surface area contributed by atoms with Gasteiger partial charge in [-0.1, -0.05) is 6.07 Å². The first-order valence-corrected chi connectivity index (χ1v) is 6.05. The lowest BCUT2D eigenvalue weighted by Crippen LogP contribution is -2.56. The molecule has 0 aromatic heterocycles. The molecule has 1 aliphatic rings. The Balaban J connectivity index is 2.39. The minimum Gasteiger partial charge on any atom is -0.476 e. The molecule has 1 heterocycles. The summed E-state index contributed by atoms with van der Waals surface area (Å²) in [6.45, 7) is 0.299. The minimum atomic E-state index is -4.59. The zero-order chi connectivity index (χ0) is 14.8. The van der Waals surface area contributed by atoms with Crippen LogP contribution in [-0.2, 0) is 0 Å². The molecule has 0 spiro atoms. The maximum atomic E-state index is 13.4. The van der Waals surface area contributed by atoms with Gasteiger partial charge in [0, 0.05) is 12.8 Å². The molecule has 1 N–H and O–H groups in total. The molecule has 1 aliphatic heterocycles. The van der Waals surface area contributed by atoms with E-state index in [9.17, 15) is 17.6 Å². The molecule has 0 aliphatic carbocycles. The van der Waals surface area contributed by atoms with Crippen LogP contribution in [0.4, 0.5) is 17.6 Å². The van der Waals surface area contributed by atoms with E-state index in [1.54, 1.807) is 0 Å². The Bertz CT molecular complexity index is 530. The molecule has 0 atom stereocenters. The number of nitrogens with zero attached hydrogens (tertiary/aromatic N) is 1. The normalized spacial score (nSPS) is 18.4. The van der Waals surface area contributed by atoms with Crippen molar-refractivity contribution >= 4 is 0 Å². The van der Waals surface area contributed by atoms with Gasteiger partial charge >= 0.3 is 6.18 Å². The first kappa shape index (κ1) is 14.6. The highest BCUT2D eigenvalue weighted by atomic mass is 19.4. The van der Waals surface area contributed by atoms with Gasteiger partial charge in [-0.2, -0.15) is 18.4 Å². The highest BCUT2D eigenvalue weighted by Gasteiger charge is 2.57. The Morgan fingerprint density at radius 2 is 1.90 bits per heavy atom. The summed E-state index contributed by atoms with van der Waals surface area (Å²) in [5, 5.41) is 11.7. The van der Waals surface area contributed by atoms with E-state index < -0.39 is 23.2 Å². The average molecular weight is 288 g/mol. The predicted octanol–water partition coefficient (Wildman–Crippen LogP) is 2.76. The van der Waals surface area contributed by atoms with Crippen LogP contribution in [0.25, 0.3) is 0 Å². The van der Waals surface area contributed by atoms with Crippen molar-refractivity contribution < 1.29 is 22.3 Å². The first-order valence-electron chi connectivity index (χ1n) is 6.05. The van der Waals surface area contributed by atoms with E-state index in [4.69, 9.17) is 10.00 Å². The molecule has 0 radical (unpaired) electrons. The molecule has 1 aromatic rings. The third-order valence-electron chi connectivity index (χ3n) is 3.32. The van der Waals surface area contributed by atoms with Crippen LogP contribution in [0.5, 0.6) is 5.75 Å². The number of ether oxygens (including phenoxy) is 1. The maximum absolute atomic E-state index is 13.4.